The van der Waals surface area contributed by atoms with Gasteiger partial charge in [-0.2, -0.15) is 8.78 Å². The topological polar surface area (TPSA) is 27.7 Å². The second-order valence-corrected chi connectivity index (χ2v) is 7.70. The van der Waals surface area contributed by atoms with E-state index in [1.54, 1.807) is 6.92 Å². The van der Waals surface area contributed by atoms with Crippen molar-refractivity contribution in [3.63, 3.8) is 0 Å². The van der Waals surface area contributed by atoms with Crippen LogP contribution in [0.1, 0.15) is 58.8 Å². The number of rotatable bonds is 8. The highest BCUT2D eigenvalue weighted by Crippen LogP contribution is 2.38. The Labute approximate surface area is 162 Å². The lowest BCUT2D eigenvalue weighted by Crippen LogP contribution is -2.32. The summed E-state index contributed by atoms with van der Waals surface area (Å²) in [7, 11) is 1.32. The number of allylic oxidation sites excluding steroid dienone is 4. The van der Waals surface area contributed by atoms with Crippen LogP contribution in [-0.4, -0.2) is 26.4 Å². The van der Waals surface area contributed by atoms with Gasteiger partial charge in [-0.05, 0) is 63.2 Å². The maximum absolute atomic E-state index is 14.2. The van der Waals surface area contributed by atoms with Gasteiger partial charge in [0, 0.05) is 6.42 Å². The Bertz CT molecular complexity index is 540. The van der Waals surface area contributed by atoms with Crippen LogP contribution >= 0.6 is 0 Å². The van der Waals surface area contributed by atoms with Gasteiger partial charge in [-0.15, -0.1) is 6.58 Å². The van der Waals surface area contributed by atoms with E-state index in [0.29, 0.717) is 30.8 Å². The molecule has 2 rings (SSSR count). The van der Waals surface area contributed by atoms with Crippen LogP contribution in [0.15, 0.2) is 35.8 Å². The molecule has 0 aromatic heterocycles. The first-order valence-corrected chi connectivity index (χ1v) is 10.2. The van der Waals surface area contributed by atoms with Gasteiger partial charge in [0.1, 0.15) is 11.5 Å². The lowest BCUT2D eigenvalue weighted by atomic mass is 9.74. The summed E-state index contributed by atoms with van der Waals surface area (Å²) in [5, 5.41) is 0. The molecule has 1 saturated heterocycles. The van der Waals surface area contributed by atoms with Gasteiger partial charge in [-0.1, -0.05) is 13.0 Å². The van der Waals surface area contributed by atoms with Gasteiger partial charge in [0.2, 0.25) is 0 Å². The van der Waals surface area contributed by atoms with E-state index in [1.807, 2.05) is 6.08 Å². The summed E-state index contributed by atoms with van der Waals surface area (Å²) in [6.45, 7) is 8.25. The lowest BCUT2D eigenvalue weighted by Gasteiger charge is -2.37. The minimum absolute atomic E-state index is 0.0715. The average molecular weight is 385 g/mol. The number of methoxy groups -OCH3 is 1. The molecule has 27 heavy (non-hydrogen) atoms. The Kier molecular flexibility index (Phi) is 8.81. The van der Waals surface area contributed by atoms with E-state index >= 15 is 0 Å². The summed E-state index contributed by atoms with van der Waals surface area (Å²) < 4.78 is 44.4. The SMILES string of the molecule is C=CC1CCC(C2CCC(CO/C(CC)=C(F)/C(F)=C(\C)OC)CC2)CO1. The normalized spacial score (nSPS) is 30.9. The van der Waals surface area contributed by atoms with E-state index in [0.717, 1.165) is 38.7 Å². The van der Waals surface area contributed by atoms with E-state index in [1.165, 1.54) is 20.5 Å². The molecule has 1 aliphatic heterocycles. The molecule has 0 N–H and O–H groups in total. The lowest BCUT2D eigenvalue weighted by molar-refractivity contribution is -0.0186. The van der Waals surface area contributed by atoms with Crippen molar-refractivity contribution in [1.29, 1.82) is 0 Å². The highest BCUT2D eigenvalue weighted by atomic mass is 19.2. The summed E-state index contributed by atoms with van der Waals surface area (Å²) in [4.78, 5) is 0. The molecule has 2 unspecified atom stereocenters. The Balaban J connectivity index is 1.80. The van der Waals surface area contributed by atoms with E-state index in [-0.39, 0.29) is 17.6 Å². The Morgan fingerprint density at radius 3 is 2.26 bits per heavy atom. The smallest absolute Gasteiger partial charge is 0.199 e. The predicted molar refractivity (Wildman–Crippen MR) is 103 cm³/mol. The molecule has 2 fully saturated rings. The molecule has 1 aliphatic carbocycles. The maximum Gasteiger partial charge on any atom is 0.199 e. The minimum Gasteiger partial charge on any atom is -0.498 e. The zero-order chi connectivity index (χ0) is 19.8. The van der Waals surface area contributed by atoms with Crippen LogP contribution in [0.5, 0.6) is 0 Å². The predicted octanol–water partition coefficient (Wildman–Crippen LogP) is 6.23. The highest BCUT2D eigenvalue weighted by Gasteiger charge is 2.31. The van der Waals surface area contributed by atoms with Crippen LogP contribution in [0.3, 0.4) is 0 Å². The van der Waals surface area contributed by atoms with Crippen molar-refractivity contribution >= 4 is 0 Å². The van der Waals surface area contributed by atoms with Crippen molar-refractivity contribution in [2.24, 2.45) is 17.8 Å². The zero-order valence-electron chi connectivity index (χ0n) is 16.9. The van der Waals surface area contributed by atoms with Gasteiger partial charge in [0.15, 0.2) is 11.7 Å². The molecule has 154 valence electrons. The number of hydrogen-bond acceptors (Lipinski definition) is 3. The Hall–Kier alpha value is -1.36. The van der Waals surface area contributed by atoms with Gasteiger partial charge >= 0.3 is 0 Å². The molecule has 0 radical (unpaired) electrons. The van der Waals surface area contributed by atoms with Gasteiger partial charge in [-0.3, -0.25) is 0 Å². The molecule has 3 nitrogen and oxygen atoms in total. The van der Waals surface area contributed by atoms with Crippen molar-refractivity contribution < 1.29 is 23.0 Å². The van der Waals surface area contributed by atoms with Gasteiger partial charge in [-0.25, -0.2) is 0 Å². The summed E-state index contributed by atoms with van der Waals surface area (Å²) in [6, 6.07) is 0. The molecule has 0 amide bonds. The third kappa shape index (κ3) is 6.06. The van der Waals surface area contributed by atoms with Crippen LogP contribution in [-0.2, 0) is 14.2 Å². The van der Waals surface area contributed by atoms with E-state index in [2.05, 4.69) is 6.58 Å². The average Bonchev–Trinajstić information content (AvgIpc) is 2.73. The number of hydrogen-bond donors (Lipinski definition) is 0. The fraction of sp³-hybridized carbons (Fsp3) is 0.727. The largest absolute Gasteiger partial charge is 0.498 e. The van der Waals surface area contributed by atoms with E-state index in [4.69, 9.17) is 14.2 Å². The molecular formula is C22H34F2O3. The molecule has 0 bridgehead atoms. The van der Waals surface area contributed by atoms with Crippen LogP contribution in [0.2, 0.25) is 0 Å². The van der Waals surface area contributed by atoms with Gasteiger partial charge in [0.05, 0.1) is 26.4 Å². The summed E-state index contributed by atoms with van der Waals surface area (Å²) in [6.07, 6.45) is 9.17. The van der Waals surface area contributed by atoms with Crippen molar-refractivity contribution in [2.45, 2.75) is 64.9 Å². The molecule has 5 heteroatoms. The third-order valence-electron chi connectivity index (χ3n) is 6.03. The molecule has 1 heterocycles. The van der Waals surface area contributed by atoms with Crippen LogP contribution < -0.4 is 0 Å². The number of halogens is 2. The van der Waals surface area contributed by atoms with Crippen molar-refractivity contribution in [2.75, 3.05) is 20.3 Å². The van der Waals surface area contributed by atoms with Crippen LogP contribution in [0.4, 0.5) is 8.78 Å². The molecule has 2 aliphatic rings. The maximum atomic E-state index is 14.2. The minimum atomic E-state index is -0.979. The molecule has 1 saturated carbocycles. The standard InChI is InChI=1S/C22H34F2O3/c1-5-19-12-11-18(14-26-19)17-9-7-16(8-10-17)13-27-20(6-2)22(24)21(23)15(3)25-4/h5,16-19H,1,6-14H2,2-4H3/b21-15-,22-20-. The highest BCUT2D eigenvalue weighted by molar-refractivity contribution is 5.24. The van der Waals surface area contributed by atoms with E-state index < -0.39 is 11.7 Å². The Morgan fingerprint density at radius 1 is 1.07 bits per heavy atom. The Morgan fingerprint density at radius 2 is 1.74 bits per heavy atom. The second kappa shape index (κ2) is 10.8. The first kappa shape index (κ1) is 21.9. The molecule has 0 spiro atoms. The van der Waals surface area contributed by atoms with Crippen molar-refractivity contribution in [3.8, 4) is 0 Å². The first-order chi connectivity index (χ1) is 13.0. The van der Waals surface area contributed by atoms with E-state index in [9.17, 15) is 8.78 Å². The number of ether oxygens (including phenoxy) is 3. The summed E-state index contributed by atoms with van der Waals surface area (Å²) in [5.41, 5.74) is 0. The van der Waals surface area contributed by atoms with Gasteiger partial charge in [0.25, 0.3) is 0 Å². The molecule has 0 aromatic carbocycles. The summed E-state index contributed by atoms with van der Waals surface area (Å²) in [5.74, 6) is -0.179. The monoisotopic (exact) mass is 384 g/mol. The van der Waals surface area contributed by atoms with Gasteiger partial charge < -0.3 is 14.2 Å². The van der Waals surface area contributed by atoms with Crippen molar-refractivity contribution in [3.05, 3.63) is 35.8 Å². The quantitative estimate of drug-likeness (QED) is 0.282. The third-order valence-corrected chi connectivity index (χ3v) is 6.03. The zero-order valence-corrected chi connectivity index (χ0v) is 16.9. The second-order valence-electron chi connectivity index (χ2n) is 7.70. The molecular weight excluding hydrogens is 350 g/mol. The molecule has 2 atom stereocenters. The van der Waals surface area contributed by atoms with Crippen molar-refractivity contribution in [1.82, 2.24) is 0 Å². The van der Waals surface area contributed by atoms with Crippen LogP contribution in [0.25, 0.3) is 0 Å². The summed E-state index contributed by atoms with van der Waals surface area (Å²) >= 11 is 0. The fourth-order valence-electron chi connectivity index (χ4n) is 4.08. The first-order valence-electron chi connectivity index (χ1n) is 10.2. The van der Waals surface area contributed by atoms with Crippen LogP contribution in [0, 0.1) is 17.8 Å². The fourth-order valence-corrected chi connectivity index (χ4v) is 4.08. The molecule has 0 aromatic rings.